The number of aromatic nitrogens is 4. The van der Waals surface area contributed by atoms with Gasteiger partial charge < -0.3 is 20.3 Å². The molecule has 0 aromatic carbocycles. The van der Waals surface area contributed by atoms with Crippen molar-refractivity contribution < 1.29 is 17.9 Å². The summed E-state index contributed by atoms with van der Waals surface area (Å²) in [5.74, 6) is 1.20. The predicted molar refractivity (Wildman–Crippen MR) is 128 cm³/mol. The summed E-state index contributed by atoms with van der Waals surface area (Å²) in [6.45, 7) is 7.59. The van der Waals surface area contributed by atoms with Gasteiger partial charge in [0, 0.05) is 44.2 Å². The molecule has 3 N–H and O–H groups in total. The lowest BCUT2D eigenvalue weighted by atomic mass is 10.0. The molecule has 1 amide bonds. The summed E-state index contributed by atoms with van der Waals surface area (Å²) in [4.78, 5) is 23.0. The van der Waals surface area contributed by atoms with Crippen molar-refractivity contribution in [2.24, 2.45) is 5.92 Å². The van der Waals surface area contributed by atoms with Crippen LogP contribution in [0.2, 0.25) is 0 Å². The van der Waals surface area contributed by atoms with Crippen LogP contribution in [0.1, 0.15) is 46.5 Å². The highest BCUT2D eigenvalue weighted by atomic mass is 32.2. The summed E-state index contributed by atoms with van der Waals surface area (Å²) in [7, 11) is -3.37. The molecule has 4 rings (SSSR count). The summed E-state index contributed by atoms with van der Waals surface area (Å²) in [6.07, 6.45) is 5.15. The van der Waals surface area contributed by atoms with Crippen LogP contribution in [0.15, 0.2) is 12.3 Å². The fourth-order valence-electron chi connectivity index (χ4n) is 4.13. The first-order valence-electron chi connectivity index (χ1n) is 11.8. The van der Waals surface area contributed by atoms with Crippen molar-refractivity contribution in [3.05, 3.63) is 12.3 Å². The molecule has 0 atom stereocenters. The van der Waals surface area contributed by atoms with E-state index in [2.05, 4.69) is 30.4 Å². The number of anilines is 2. The van der Waals surface area contributed by atoms with E-state index in [0.717, 1.165) is 25.7 Å². The Kier molecular flexibility index (Phi) is 7.12. The number of sulfonamides is 1. The van der Waals surface area contributed by atoms with Crippen molar-refractivity contribution in [3.63, 3.8) is 0 Å². The number of amides is 1. The molecule has 1 saturated heterocycles. The standard InChI is InChI=1S/C21H34N8O4S/c1-21(2,3)33-20(30)23-12-15-13-28(14-15)19-25-17-8-9-24-29(17)18(26-19)22-10-11-34(31,32)27-16-6-4-5-7-16/h8-9,15-16,27H,4-7,10-14H2,1-3H3,(H,23,30)(H,22,25,26). The van der Waals surface area contributed by atoms with E-state index in [0.29, 0.717) is 37.2 Å². The van der Waals surface area contributed by atoms with Crippen LogP contribution in [0, 0.1) is 5.92 Å². The topological polar surface area (TPSA) is 143 Å². The number of carbonyl (C=O) groups is 1. The van der Waals surface area contributed by atoms with Crippen molar-refractivity contribution in [1.82, 2.24) is 29.6 Å². The number of hydrogen-bond acceptors (Lipinski definition) is 9. The summed E-state index contributed by atoms with van der Waals surface area (Å²) in [6, 6.07) is 1.83. The second-order valence-electron chi connectivity index (χ2n) is 9.95. The average molecular weight is 495 g/mol. The molecule has 2 aromatic heterocycles. The number of alkyl carbamates (subject to hydrolysis) is 1. The van der Waals surface area contributed by atoms with Crippen molar-refractivity contribution in [3.8, 4) is 0 Å². The molecule has 1 aliphatic carbocycles. The fourth-order valence-corrected chi connectivity index (χ4v) is 5.36. The molecule has 12 nitrogen and oxygen atoms in total. The first-order valence-corrected chi connectivity index (χ1v) is 13.4. The molecule has 3 heterocycles. The Bertz CT molecular complexity index is 1100. The number of fused-ring (bicyclic) bond motifs is 1. The Labute approximate surface area is 199 Å². The average Bonchev–Trinajstić information content (AvgIpc) is 3.36. The molecule has 0 unspecified atom stereocenters. The molecule has 0 radical (unpaired) electrons. The van der Waals surface area contributed by atoms with Gasteiger partial charge in [0.25, 0.3) is 0 Å². The van der Waals surface area contributed by atoms with E-state index in [9.17, 15) is 13.2 Å². The summed E-state index contributed by atoms with van der Waals surface area (Å²) >= 11 is 0. The highest BCUT2D eigenvalue weighted by molar-refractivity contribution is 7.89. The molecule has 13 heteroatoms. The van der Waals surface area contributed by atoms with E-state index < -0.39 is 21.7 Å². The molecular weight excluding hydrogens is 460 g/mol. The van der Waals surface area contributed by atoms with Crippen LogP contribution in [-0.4, -0.2) is 77.7 Å². The van der Waals surface area contributed by atoms with Crippen LogP contribution in [0.4, 0.5) is 16.7 Å². The molecule has 34 heavy (non-hydrogen) atoms. The molecular formula is C21H34N8O4S. The summed E-state index contributed by atoms with van der Waals surface area (Å²) in [5, 5.41) is 10.1. The van der Waals surface area contributed by atoms with E-state index in [-0.39, 0.29) is 24.3 Å². The second kappa shape index (κ2) is 9.90. The van der Waals surface area contributed by atoms with E-state index in [1.807, 2.05) is 25.7 Å². The largest absolute Gasteiger partial charge is 0.444 e. The molecule has 188 valence electrons. The van der Waals surface area contributed by atoms with Crippen LogP contribution >= 0.6 is 0 Å². The van der Waals surface area contributed by atoms with Gasteiger partial charge in [-0.2, -0.15) is 19.6 Å². The molecule has 2 aromatic rings. The van der Waals surface area contributed by atoms with Gasteiger partial charge in [-0.05, 0) is 33.6 Å². The van der Waals surface area contributed by atoms with Gasteiger partial charge in [0.2, 0.25) is 21.9 Å². The van der Waals surface area contributed by atoms with E-state index in [1.54, 1.807) is 16.8 Å². The first-order chi connectivity index (χ1) is 16.1. The van der Waals surface area contributed by atoms with Gasteiger partial charge in [0.1, 0.15) is 5.60 Å². The third kappa shape index (κ3) is 6.47. The third-order valence-electron chi connectivity index (χ3n) is 5.77. The van der Waals surface area contributed by atoms with Gasteiger partial charge >= 0.3 is 6.09 Å². The maximum Gasteiger partial charge on any atom is 0.407 e. The van der Waals surface area contributed by atoms with E-state index in [1.165, 1.54) is 0 Å². The second-order valence-corrected chi connectivity index (χ2v) is 11.8. The van der Waals surface area contributed by atoms with Crippen molar-refractivity contribution in [2.45, 2.75) is 58.1 Å². The Morgan fingerprint density at radius 1 is 1.21 bits per heavy atom. The molecule has 0 spiro atoms. The normalized spacial score (nSPS) is 17.7. The maximum atomic E-state index is 12.4. The molecule has 1 saturated carbocycles. The van der Waals surface area contributed by atoms with Gasteiger partial charge in [0.05, 0.1) is 11.9 Å². The number of nitrogens with zero attached hydrogens (tertiary/aromatic N) is 5. The Balaban J connectivity index is 1.31. The number of hydrogen-bond donors (Lipinski definition) is 3. The van der Waals surface area contributed by atoms with Crippen LogP contribution in [0.5, 0.6) is 0 Å². The summed E-state index contributed by atoms with van der Waals surface area (Å²) in [5.41, 5.74) is 0.0919. The zero-order valence-corrected chi connectivity index (χ0v) is 20.8. The quantitative estimate of drug-likeness (QED) is 0.471. The fraction of sp³-hybridized carbons (Fsp3) is 0.714. The smallest absolute Gasteiger partial charge is 0.407 e. The number of nitrogens with one attached hydrogen (secondary N) is 3. The third-order valence-corrected chi connectivity index (χ3v) is 7.21. The minimum absolute atomic E-state index is 0.0479. The summed E-state index contributed by atoms with van der Waals surface area (Å²) < 4.78 is 34.4. The number of ether oxygens (including phenoxy) is 1. The highest BCUT2D eigenvalue weighted by Gasteiger charge is 2.30. The lowest BCUT2D eigenvalue weighted by molar-refractivity contribution is 0.0516. The Morgan fingerprint density at radius 2 is 1.94 bits per heavy atom. The Morgan fingerprint density at radius 3 is 2.65 bits per heavy atom. The van der Waals surface area contributed by atoms with Crippen LogP contribution in [0.3, 0.4) is 0 Å². The van der Waals surface area contributed by atoms with Gasteiger partial charge in [0.15, 0.2) is 5.65 Å². The lowest BCUT2D eigenvalue weighted by Gasteiger charge is -2.39. The highest BCUT2D eigenvalue weighted by Crippen LogP contribution is 2.23. The monoisotopic (exact) mass is 494 g/mol. The van der Waals surface area contributed by atoms with Crippen molar-refractivity contribution >= 4 is 33.7 Å². The van der Waals surface area contributed by atoms with Crippen LogP contribution in [-0.2, 0) is 14.8 Å². The zero-order valence-electron chi connectivity index (χ0n) is 20.0. The van der Waals surface area contributed by atoms with E-state index >= 15 is 0 Å². The Hall–Kier alpha value is -2.67. The number of carbonyl (C=O) groups excluding carboxylic acids is 1. The van der Waals surface area contributed by atoms with Gasteiger partial charge in [-0.15, -0.1) is 0 Å². The lowest BCUT2D eigenvalue weighted by Crippen LogP contribution is -2.52. The predicted octanol–water partition coefficient (Wildman–Crippen LogP) is 1.36. The minimum Gasteiger partial charge on any atom is -0.444 e. The number of rotatable bonds is 9. The van der Waals surface area contributed by atoms with Crippen LogP contribution < -0.4 is 20.3 Å². The van der Waals surface area contributed by atoms with Gasteiger partial charge in [-0.3, -0.25) is 0 Å². The molecule has 0 bridgehead atoms. The zero-order chi connectivity index (χ0) is 24.3. The molecule has 2 aliphatic rings. The minimum atomic E-state index is -3.37. The van der Waals surface area contributed by atoms with Crippen molar-refractivity contribution in [2.75, 3.05) is 42.1 Å². The maximum absolute atomic E-state index is 12.4. The van der Waals surface area contributed by atoms with E-state index in [4.69, 9.17) is 4.74 Å². The van der Waals surface area contributed by atoms with Gasteiger partial charge in [-0.25, -0.2) is 17.9 Å². The van der Waals surface area contributed by atoms with Gasteiger partial charge in [-0.1, -0.05) is 12.8 Å². The molecule has 1 aliphatic heterocycles. The van der Waals surface area contributed by atoms with Crippen LogP contribution in [0.25, 0.3) is 5.65 Å². The van der Waals surface area contributed by atoms with Crippen molar-refractivity contribution in [1.29, 1.82) is 0 Å². The SMILES string of the molecule is CC(C)(C)OC(=O)NCC1CN(c2nc(NCCS(=O)(=O)NC3CCCC3)n3nccc3n2)C1. The molecule has 2 fully saturated rings. The first kappa shape index (κ1) is 24.5.